The molecule has 3 heteroatoms. The third kappa shape index (κ3) is 3.18. The molecule has 0 bridgehead atoms. The fourth-order valence-corrected chi connectivity index (χ4v) is 1.75. The summed E-state index contributed by atoms with van der Waals surface area (Å²) in [7, 11) is 0. The maximum absolute atomic E-state index is 14.1. The smallest absolute Gasteiger partial charge is 0.129 e. The van der Waals surface area contributed by atoms with Crippen molar-refractivity contribution in [2.45, 2.75) is 20.0 Å². The molecule has 0 aliphatic rings. The Bertz CT molecular complexity index is 297. The van der Waals surface area contributed by atoms with Gasteiger partial charge < -0.3 is 5.73 Å². The quantitative estimate of drug-likeness (QED) is 0.839. The lowest BCUT2D eigenvalue weighted by Crippen LogP contribution is -2.24. The Kier molecular flexibility index (Phi) is 4.55. The lowest BCUT2D eigenvalue weighted by Gasteiger charge is -2.23. The molecule has 0 spiro atoms. The van der Waals surface area contributed by atoms with E-state index in [1.165, 1.54) is 0 Å². The molecule has 0 fully saturated rings. The molecule has 2 unspecified atom stereocenters. The van der Waals surface area contributed by atoms with Crippen molar-refractivity contribution < 1.29 is 4.39 Å². The number of alkyl halides is 1. The van der Waals surface area contributed by atoms with Crippen molar-refractivity contribution in [2.75, 3.05) is 6.54 Å². The van der Waals surface area contributed by atoms with Crippen LogP contribution in [0.3, 0.4) is 0 Å². The van der Waals surface area contributed by atoms with Crippen molar-refractivity contribution in [1.82, 2.24) is 0 Å². The maximum atomic E-state index is 14.1. The normalized spacial score (nSPS) is 15.3. The number of rotatable bonds is 4. The molecule has 2 N–H and O–H groups in total. The molecule has 1 rings (SSSR count). The van der Waals surface area contributed by atoms with E-state index >= 15 is 0 Å². The molecule has 2 atom stereocenters. The van der Waals surface area contributed by atoms with Crippen LogP contribution < -0.4 is 5.73 Å². The van der Waals surface area contributed by atoms with E-state index in [9.17, 15) is 4.39 Å². The fourth-order valence-electron chi connectivity index (χ4n) is 1.62. The van der Waals surface area contributed by atoms with Gasteiger partial charge in [0.05, 0.1) is 0 Å². The molecule has 84 valence electrons. The molecule has 1 aromatic rings. The van der Waals surface area contributed by atoms with Gasteiger partial charge in [-0.1, -0.05) is 37.6 Å². The van der Waals surface area contributed by atoms with Crippen LogP contribution in [-0.4, -0.2) is 6.54 Å². The van der Waals surface area contributed by atoms with Crippen molar-refractivity contribution in [3.63, 3.8) is 0 Å². The monoisotopic (exact) mass is 229 g/mol. The van der Waals surface area contributed by atoms with E-state index in [1.807, 2.05) is 13.8 Å². The number of nitrogens with two attached hydrogens (primary N) is 1. The Hall–Kier alpha value is -0.600. The molecule has 0 amide bonds. The molecular weight excluding hydrogens is 213 g/mol. The van der Waals surface area contributed by atoms with Gasteiger partial charge in [0.1, 0.15) is 6.17 Å². The van der Waals surface area contributed by atoms with Gasteiger partial charge in [0.25, 0.3) is 0 Å². The first-order valence-electron chi connectivity index (χ1n) is 5.16. The van der Waals surface area contributed by atoms with Gasteiger partial charge in [-0.2, -0.15) is 0 Å². The zero-order valence-corrected chi connectivity index (χ0v) is 9.84. The summed E-state index contributed by atoms with van der Waals surface area (Å²) in [5.74, 6) is 0.104. The summed E-state index contributed by atoms with van der Waals surface area (Å²) in [5.41, 5.74) is 6.23. The van der Waals surface area contributed by atoms with Crippen LogP contribution in [0.4, 0.5) is 4.39 Å². The van der Waals surface area contributed by atoms with Gasteiger partial charge >= 0.3 is 0 Å². The van der Waals surface area contributed by atoms with Crippen molar-refractivity contribution in [3.05, 3.63) is 34.9 Å². The van der Waals surface area contributed by atoms with Crippen molar-refractivity contribution in [1.29, 1.82) is 0 Å². The first-order chi connectivity index (χ1) is 7.06. The van der Waals surface area contributed by atoms with Gasteiger partial charge in [-0.25, -0.2) is 4.39 Å². The summed E-state index contributed by atoms with van der Waals surface area (Å²) >= 11 is 5.75. The minimum Gasteiger partial charge on any atom is -0.330 e. The topological polar surface area (TPSA) is 26.0 Å². The number of hydrogen-bond acceptors (Lipinski definition) is 1. The molecule has 1 aromatic carbocycles. The highest BCUT2D eigenvalue weighted by Gasteiger charge is 2.24. The highest BCUT2D eigenvalue weighted by molar-refractivity contribution is 6.30. The summed E-state index contributed by atoms with van der Waals surface area (Å²) in [4.78, 5) is 0. The second-order valence-electron chi connectivity index (χ2n) is 4.10. The van der Waals surface area contributed by atoms with Crippen LogP contribution in [0.2, 0.25) is 5.02 Å². The Balaban J connectivity index is 2.82. The number of halogens is 2. The highest BCUT2D eigenvalue weighted by atomic mass is 35.5. The molecule has 0 saturated heterocycles. The summed E-state index contributed by atoms with van der Waals surface area (Å²) in [6.07, 6.45) is -1.01. The lowest BCUT2D eigenvalue weighted by molar-refractivity contribution is 0.188. The Morgan fingerprint density at radius 1 is 1.27 bits per heavy atom. The molecule has 0 radical (unpaired) electrons. The predicted octanol–water partition coefficient (Wildman–Crippen LogP) is 3.58. The predicted molar refractivity (Wildman–Crippen MR) is 62.7 cm³/mol. The zero-order valence-electron chi connectivity index (χ0n) is 9.08. The molecular formula is C12H17ClFN. The second kappa shape index (κ2) is 5.47. The van der Waals surface area contributed by atoms with E-state index in [-0.39, 0.29) is 11.8 Å². The summed E-state index contributed by atoms with van der Waals surface area (Å²) < 4.78 is 14.1. The van der Waals surface area contributed by atoms with E-state index in [0.29, 0.717) is 17.1 Å². The minimum atomic E-state index is -1.01. The molecule has 1 nitrogen and oxygen atoms in total. The van der Waals surface area contributed by atoms with Gasteiger partial charge in [0, 0.05) is 10.9 Å². The average molecular weight is 230 g/mol. The van der Waals surface area contributed by atoms with Crippen LogP contribution in [0.5, 0.6) is 0 Å². The van der Waals surface area contributed by atoms with E-state index in [4.69, 9.17) is 17.3 Å². The Labute approximate surface area is 95.4 Å². The van der Waals surface area contributed by atoms with Gasteiger partial charge in [0.15, 0.2) is 0 Å². The van der Waals surface area contributed by atoms with E-state index in [0.717, 1.165) is 0 Å². The lowest BCUT2D eigenvalue weighted by atomic mass is 9.88. The van der Waals surface area contributed by atoms with Crippen LogP contribution in [0.15, 0.2) is 24.3 Å². The van der Waals surface area contributed by atoms with E-state index < -0.39 is 6.17 Å². The van der Waals surface area contributed by atoms with Gasteiger partial charge in [0.2, 0.25) is 0 Å². The largest absolute Gasteiger partial charge is 0.330 e. The van der Waals surface area contributed by atoms with Crippen molar-refractivity contribution >= 4 is 11.6 Å². The highest BCUT2D eigenvalue weighted by Crippen LogP contribution is 2.31. The van der Waals surface area contributed by atoms with Crippen molar-refractivity contribution in [2.24, 2.45) is 17.6 Å². The second-order valence-corrected chi connectivity index (χ2v) is 4.53. The van der Waals surface area contributed by atoms with Gasteiger partial charge in [-0.3, -0.25) is 0 Å². The average Bonchev–Trinajstić information content (AvgIpc) is 2.19. The third-order valence-electron chi connectivity index (χ3n) is 2.69. The third-order valence-corrected chi connectivity index (χ3v) is 2.94. The first-order valence-corrected chi connectivity index (χ1v) is 5.53. The van der Waals surface area contributed by atoms with Crippen LogP contribution in [0, 0.1) is 11.8 Å². The SMILES string of the molecule is CC(C)C(CN)C(F)c1ccc(Cl)cc1. The Morgan fingerprint density at radius 2 is 1.80 bits per heavy atom. The van der Waals surface area contributed by atoms with E-state index in [2.05, 4.69) is 0 Å². The molecule has 0 saturated carbocycles. The first kappa shape index (κ1) is 12.5. The van der Waals surface area contributed by atoms with Gasteiger partial charge in [-0.05, 0) is 30.2 Å². The zero-order chi connectivity index (χ0) is 11.4. The molecule has 15 heavy (non-hydrogen) atoms. The fraction of sp³-hybridized carbons (Fsp3) is 0.500. The Morgan fingerprint density at radius 3 is 2.20 bits per heavy atom. The summed E-state index contributed by atoms with van der Waals surface area (Å²) in [5, 5.41) is 0.625. The van der Waals surface area contributed by atoms with Crippen LogP contribution >= 0.6 is 11.6 Å². The molecule has 0 aromatic heterocycles. The summed E-state index contributed by atoms with van der Waals surface area (Å²) in [6, 6.07) is 6.85. The molecule has 0 aliphatic carbocycles. The molecule has 0 aliphatic heterocycles. The maximum Gasteiger partial charge on any atom is 0.129 e. The summed E-state index contributed by atoms with van der Waals surface area (Å²) in [6.45, 7) is 4.33. The van der Waals surface area contributed by atoms with E-state index in [1.54, 1.807) is 24.3 Å². The van der Waals surface area contributed by atoms with Gasteiger partial charge in [-0.15, -0.1) is 0 Å². The standard InChI is InChI=1S/C12H17ClFN/c1-8(2)11(7-15)12(14)9-3-5-10(13)6-4-9/h3-6,8,11-12H,7,15H2,1-2H3. The van der Waals surface area contributed by atoms with Crippen molar-refractivity contribution in [3.8, 4) is 0 Å². The van der Waals surface area contributed by atoms with Crippen LogP contribution in [0.25, 0.3) is 0 Å². The number of benzene rings is 1. The minimum absolute atomic E-state index is 0.133. The molecule has 0 heterocycles. The number of hydrogen-bond donors (Lipinski definition) is 1. The van der Waals surface area contributed by atoms with Crippen LogP contribution in [-0.2, 0) is 0 Å². The van der Waals surface area contributed by atoms with Crippen LogP contribution in [0.1, 0.15) is 25.6 Å².